The van der Waals surface area contributed by atoms with Crippen LogP contribution in [0.1, 0.15) is 44.6 Å². The van der Waals surface area contributed by atoms with Crippen LogP contribution >= 0.6 is 15.9 Å². The van der Waals surface area contributed by atoms with E-state index in [1.165, 1.54) is 4.90 Å². The molecule has 2 amide bonds. The number of anilines is 1. The highest BCUT2D eigenvalue weighted by Gasteiger charge is 2.31. The van der Waals surface area contributed by atoms with Crippen molar-refractivity contribution in [1.29, 1.82) is 0 Å². The SMILES string of the molecule is C[C@@H](C(=O)NC1CCCCC1)N(Cc1cccc(Br)c1)C(=O)CN(c1ccc(Oc2ccccc2)cc1)S(C)(=O)=O. The summed E-state index contributed by atoms with van der Waals surface area (Å²) in [7, 11) is -3.83. The third kappa shape index (κ3) is 8.81. The van der Waals surface area contributed by atoms with Crippen LogP contribution in [-0.2, 0) is 26.2 Å². The van der Waals surface area contributed by atoms with Crippen LogP contribution in [0.25, 0.3) is 0 Å². The van der Waals surface area contributed by atoms with Gasteiger partial charge in [-0.2, -0.15) is 0 Å². The van der Waals surface area contributed by atoms with Crippen LogP contribution in [0.2, 0.25) is 0 Å². The van der Waals surface area contributed by atoms with E-state index in [9.17, 15) is 18.0 Å². The van der Waals surface area contributed by atoms with Gasteiger partial charge >= 0.3 is 0 Å². The number of amides is 2. The zero-order valence-electron chi connectivity index (χ0n) is 23.3. The minimum Gasteiger partial charge on any atom is -0.457 e. The van der Waals surface area contributed by atoms with Gasteiger partial charge in [-0.25, -0.2) is 8.42 Å². The van der Waals surface area contributed by atoms with Crippen LogP contribution in [0.3, 0.4) is 0 Å². The quantitative estimate of drug-likeness (QED) is 0.282. The predicted octanol–water partition coefficient (Wildman–Crippen LogP) is 5.87. The second-order valence-electron chi connectivity index (χ2n) is 10.3. The predicted molar refractivity (Wildman–Crippen MR) is 164 cm³/mol. The van der Waals surface area contributed by atoms with E-state index in [1.54, 1.807) is 31.2 Å². The highest BCUT2D eigenvalue weighted by Crippen LogP contribution is 2.26. The fourth-order valence-corrected chi connectivity index (χ4v) is 6.20. The van der Waals surface area contributed by atoms with Crippen molar-refractivity contribution in [3.8, 4) is 11.5 Å². The number of benzene rings is 3. The lowest BCUT2D eigenvalue weighted by molar-refractivity contribution is -0.139. The maximum atomic E-state index is 13.8. The Morgan fingerprint density at radius 3 is 2.24 bits per heavy atom. The van der Waals surface area contributed by atoms with Crippen molar-refractivity contribution in [3.05, 3.63) is 88.9 Å². The molecule has 41 heavy (non-hydrogen) atoms. The number of carbonyl (C=O) groups excluding carboxylic acids is 2. The highest BCUT2D eigenvalue weighted by atomic mass is 79.9. The maximum Gasteiger partial charge on any atom is 0.244 e. The number of nitrogens with one attached hydrogen (secondary N) is 1. The van der Waals surface area contributed by atoms with Crippen LogP contribution in [0.5, 0.6) is 11.5 Å². The lowest BCUT2D eigenvalue weighted by Crippen LogP contribution is -2.52. The van der Waals surface area contributed by atoms with Crippen molar-refractivity contribution in [3.63, 3.8) is 0 Å². The van der Waals surface area contributed by atoms with Crippen LogP contribution in [-0.4, -0.2) is 50.0 Å². The van der Waals surface area contributed by atoms with Crippen LogP contribution in [0.15, 0.2) is 83.3 Å². The lowest BCUT2D eigenvalue weighted by Gasteiger charge is -2.33. The smallest absolute Gasteiger partial charge is 0.244 e. The average Bonchev–Trinajstić information content (AvgIpc) is 2.95. The lowest BCUT2D eigenvalue weighted by atomic mass is 9.95. The van der Waals surface area contributed by atoms with Gasteiger partial charge in [0.05, 0.1) is 11.9 Å². The van der Waals surface area contributed by atoms with Gasteiger partial charge in [0.1, 0.15) is 24.1 Å². The zero-order valence-corrected chi connectivity index (χ0v) is 25.7. The van der Waals surface area contributed by atoms with Gasteiger partial charge < -0.3 is 15.0 Å². The summed E-state index contributed by atoms with van der Waals surface area (Å²) in [4.78, 5) is 28.6. The number of ether oxygens (including phenoxy) is 1. The maximum absolute atomic E-state index is 13.8. The molecule has 1 aliphatic carbocycles. The fraction of sp³-hybridized carbons (Fsp3) is 0.355. The molecule has 0 bridgehead atoms. The third-order valence-electron chi connectivity index (χ3n) is 7.14. The fourth-order valence-electron chi connectivity index (χ4n) is 4.90. The van der Waals surface area contributed by atoms with Crippen LogP contribution in [0, 0.1) is 0 Å². The van der Waals surface area contributed by atoms with E-state index in [0.717, 1.165) is 52.7 Å². The molecule has 1 fully saturated rings. The van der Waals surface area contributed by atoms with E-state index in [4.69, 9.17) is 4.74 Å². The Balaban J connectivity index is 1.55. The molecule has 1 N–H and O–H groups in total. The molecule has 10 heteroatoms. The molecule has 4 rings (SSSR count). The summed E-state index contributed by atoms with van der Waals surface area (Å²) in [6.07, 6.45) is 6.20. The molecule has 0 saturated heterocycles. The van der Waals surface area contributed by atoms with Crippen LogP contribution < -0.4 is 14.4 Å². The standard InChI is InChI=1S/C31H36BrN3O5S/c1-23(31(37)33-26-12-5-3-6-13-26)34(21-24-10-9-11-25(32)20-24)30(36)22-35(41(2,38)39)27-16-18-29(19-17-27)40-28-14-7-4-8-15-28/h4,7-11,14-20,23,26H,3,5-6,12-13,21-22H2,1-2H3,(H,33,37)/t23-/m0/s1. The number of halogens is 1. The molecule has 0 radical (unpaired) electrons. The number of sulfonamides is 1. The third-order valence-corrected chi connectivity index (χ3v) is 8.78. The molecule has 0 heterocycles. The van der Waals surface area contributed by atoms with Gasteiger partial charge in [-0.3, -0.25) is 13.9 Å². The summed E-state index contributed by atoms with van der Waals surface area (Å²) in [5.41, 5.74) is 1.14. The number of nitrogens with zero attached hydrogens (tertiary/aromatic N) is 2. The summed E-state index contributed by atoms with van der Waals surface area (Å²) in [5, 5.41) is 3.10. The Hall–Kier alpha value is -3.37. The number of hydrogen-bond donors (Lipinski definition) is 1. The van der Waals surface area contributed by atoms with E-state index < -0.39 is 28.5 Å². The van der Waals surface area contributed by atoms with Gasteiger partial charge in [-0.05, 0) is 73.9 Å². The molecule has 0 unspecified atom stereocenters. The Morgan fingerprint density at radius 1 is 0.951 bits per heavy atom. The Kier molecular flexibility index (Phi) is 10.4. The summed E-state index contributed by atoms with van der Waals surface area (Å²) < 4.78 is 33.5. The molecule has 218 valence electrons. The van der Waals surface area contributed by atoms with Crippen molar-refractivity contribution >= 4 is 43.5 Å². The van der Waals surface area contributed by atoms with Gasteiger partial charge in [-0.15, -0.1) is 0 Å². The number of para-hydroxylation sites is 1. The minimum absolute atomic E-state index is 0.0886. The van der Waals surface area contributed by atoms with E-state index in [1.807, 2.05) is 54.6 Å². The van der Waals surface area contributed by atoms with E-state index in [2.05, 4.69) is 21.2 Å². The zero-order chi connectivity index (χ0) is 29.4. The molecule has 0 spiro atoms. The van der Waals surface area contributed by atoms with Gasteiger partial charge in [0.15, 0.2) is 0 Å². The molecule has 0 aromatic heterocycles. The van der Waals surface area contributed by atoms with Gasteiger partial charge in [0, 0.05) is 17.1 Å². The summed E-state index contributed by atoms with van der Waals surface area (Å²) in [6.45, 7) is 1.39. The van der Waals surface area contributed by atoms with Crippen LogP contribution in [0.4, 0.5) is 5.69 Å². The van der Waals surface area contributed by atoms with Crippen molar-refractivity contribution < 1.29 is 22.7 Å². The first-order chi connectivity index (χ1) is 19.6. The Labute approximate surface area is 250 Å². The van der Waals surface area contributed by atoms with Crippen molar-refractivity contribution in [2.24, 2.45) is 0 Å². The van der Waals surface area contributed by atoms with Crippen molar-refractivity contribution in [1.82, 2.24) is 10.2 Å². The van der Waals surface area contributed by atoms with E-state index >= 15 is 0 Å². The Morgan fingerprint density at radius 2 is 1.61 bits per heavy atom. The molecular weight excluding hydrogens is 606 g/mol. The topological polar surface area (TPSA) is 96.0 Å². The molecule has 1 aliphatic rings. The van der Waals surface area contributed by atoms with Gasteiger partial charge in [-0.1, -0.05) is 65.5 Å². The van der Waals surface area contributed by atoms with Crippen molar-refractivity contribution in [2.45, 2.75) is 57.7 Å². The Bertz CT molecular complexity index is 1430. The molecule has 3 aromatic carbocycles. The average molecular weight is 643 g/mol. The molecule has 1 atom stereocenters. The number of rotatable bonds is 11. The molecule has 8 nitrogen and oxygen atoms in total. The monoisotopic (exact) mass is 641 g/mol. The first-order valence-electron chi connectivity index (χ1n) is 13.7. The molecule has 1 saturated carbocycles. The van der Waals surface area contributed by atoms with Crippen molar-refractivity contribution in [2.75, 3.05) is 17.1 Å². The van der Waals surface area contributed by atoms with E-state index in [0.29, 0.717) is 17.2 Å². The highest BCUT2D eigenvalue weighted by molar-refractivity contribution is 9.10. The number of hydrogen-bond acceptors (Lipinski definition) is 5. The molecule has 3 aromatic rings. The summed E-state index contributed by atoms with van der Waals surface area (Å²) >= 11 is 3.46. The van der Waals surface area contributed by atoms with Gasteiger partial charge in [0.2, 0.25) is 21.8 Å². The van der Waals surface area contributed by atoms with E-state index in [-0.39, 0.29) is 18.5 Å². The first kappa shape index (κ1) is 30.6. The second kappa shape index (κ2) is 14.0. The second-order valence-corrected chi connectivity index (χ2v) is 13.2. The minimum atomic E-state index is -3.83. The largest absolute Gasteiger partial charge is 0.457 e. The normalized spacial score (nSPS) is 14.6. The number of carbonyl (C=O) groups is 2. The summed E-state index contributed by atoms with van der Waals surface area (Å²) in [6, 6.07) is 22.5. The molecule has 0 aliphatic heterocycles. The van der Waals surface area contributed by atoms with Gasteiger partial charge in [0.25, 0.3) is 0 Å². The molecular formula is C31H36BrN3O5S. The first-order valence-corrected chi connectivity index (χ1v) is 16.4. The summed E-state index contributed by atoms with van der Waals surface area (Å²) in [5.74, 6) is 0.461.